The molecule has 0 N–H and O–H groups in total. The zero-order valence-electron chi connectivity index (χ0n) is 13.5. The van der Waals surface area contributed by atoms with Crippen molar-refractivity contribution >= 4 is 21.8 Å². The van der Waals surface area contributed by atoms with Gasteiger partial charge in [-0.25, -0.2) is 8.42 Å². The zero-order chi connectivity index (χ0) is 17.2. The van der Waals surface area contributed by atoms with E-state index in [1.54, 1.807) is 12.1 Å². The number of thioether (sulfide) groups is 1. The van der Waals surface area contributed by atoms with Crippen LogP contribution in [-0.4, -0.2) is 40.6 Å². The highest BCUT2D eigenvalue weighted by atomic mass is 32.2. The third-order valence-electron chi connectivity index (χ3n) is 3.85. The predicted octanol–water partition coefficient (Wildman–Crippen LogP) is 2.44. The van der Waals surface area contributed by atoms with E-state index in [2.05, 4.69) is 16.8 Å². The molecule has 7 nitrogen and oxygen atoms in total. The van der Waals surface area contributed by atoms with Crippen LogP contribution >= 0.6 is 11.8 Å². The first-order chi connectivity index (χ1) is 11.5. The first-order valence-electron chi connectivity index (χ1n) is 7.74. The number of sulfonamides is 1. The number of hydrogen-bond acceptors (Lipinski definition) is 6. The van der Waals surface area contributed by atoms with Crippen LogP contribution in [0.5, 0.6) is 0 Å². The SMILES string of the molecule is C=CCn1c(C)nnc1SCc1ccc(S(=O)(=O)N2CCCC2)o1. The molecule has 130 valence electrons. The Hall–Kier alpha value is -1.58. The Balaban J connectivity index is 1.69. The van der Waals surface area contributed by atoms with Gasteiger partial charge in [0, 0.05) is 19.6 Å². The normalized spacial score (nSPS) is 15.9. The van der Waals surface area contributed by atoms with Crippen LogP contribution in [-0.2, 0) is 22.3 Å². The predicted molar refractivity (Wildman–Crippen MR) is 91.2 cm³/mol. The number of furan rings is 1. The lowest BCUT2D eigenvalue weighted by Crippen LogP contribution is -2.27. The minimum Gasteiger partial charge on any atom is -0.447 e. The Morgan fingerprint density at radius 3 is 2.79 bits per heavy atom. The second kappa shape index (κ2) is 7.12. The monoisotopic (exact) mass is 368 g/mol. The molecule has 0 aliphatic carbocycles. The molecule has 0 radical (unpaired) electrons. The number of hydrogen-bond donors (Lipinski definition) is 0. The van der Waals surface area contributed by atoms with Gasteiger partial charge in [-0.1, -0.05) is 17.8 Å². The maximum atomic E-state index is 12.5. The molecular formula is C15H20N4O3S2. The van der Waals surface area contributed by atoms with Crippen molar-refractivity contribution in [2.75, 3.05) is 13.1 Å². The summed E-state index contributed by atoms with van der Waals surface area (Å²) in [5, 5.41) is 8.96. The van der Waals surface area contributed by atoms with E-state index < -0.39 is 10.0 Å². The molecule has 2 aromatic heterocycles. The molecule has 0 spiro atoms. The molecule has 1 saturated heterocycles. The second-order valence-corrected chi connectivity index (χ2v) is 8.36. The molecule has 2 aromatic rings. The molecule has 9 heteroatoms. The van der Waals surface area contributed by atoms with E-state index >= 15 is 0 Å². The maximum absolute atomic E-state index is 12.5. The van der Waals surface area contributed by atoms with Crippen molar-refractivity contribution in [3.05, 3.63) is 36.4 Å². The number of allylic oxidation sites excluding steroid dienone is 1. The van der Waals surface area contributed by atoms with Crippen LogP contribution < -0.4 is 0 Å². The molecule has 3 heterocycles. The van der Waals surface area contributed by atoms with Gasteiger partial charge in [0.25, 0.3) is 10.0 Å². The van der Waals surface area contributed by atoms with Gasteiger partial charge < -0.3 is 8.98 Å². The maximum Gasteiger partial charge on any atom is 0.276 e. The average molecular weight is 368 g/mol. The summed E-state index contributed by atoms with van der Waals surface area (Å²) in [6, 6.07) is 3.24. The summed E-state index contributed by atoms with van der Waals surface area (Å²) < 4.78 is 33.9. The third-order valence-corrected chi connectivity index (χ3v) is 6.62. The second-order valence-electron chi connectivity index (χ2n) is 5.55. The Morgan fingerprint density at radius 1 is 1.33 bits per heavy atom. The summed E-state index contributed by atoms with van der Waals surface area (Å²) in [7, 11) is -3.50. The molecule has 0 amide bonds. The van der Waals surface area contributed by atoms with Crippen LogP contribution in [0.1, 0.15) is 24.4 Å². The molecule has 0 bridgehead atoms. The molecule has 1 fully saturated rings. The van der Waals surface area contributed by atoms with Gasteiger partial charge in [0.2, 0.25) is 5.09 Å². The number of aromatic nitrogens is 3. The highest BCUT2D eigenvalue weighted by Crippen LogP contribution is 2.27. The molecular weight excluding hydrogens is 348 g/mol. The van der Waals surface area contributed by atoms with Gasteiger partial charge >= 0.3 is 0 Å². The summed E-state index contributed by atoms with van der Waals surface area (Å²) in [5.41, 5.74) is 0. The van der Waals surface area contributed by atoms with Crippen molar-refractivity contribution in [3.63, 3.8) is 0 Å². The van der Waals surface area contributed by atoms with Gasteiger partial charge in [-0.2, -0.15) is 4.31 Å². The zero-order valence-corrected chi connectivity index (χ0v) is 15.1. The van der Waals surface area contributed by atoms with Crippen LogP contribution in [0.3, 0.4) is 0 Å². The first-order valence-corrected chi connectivity index (χ1v) is 10.2. The quantitative estimate of drug-likeness (QED) is 0.551. The largest absolute Gasteiger partial charge is 0.447 e. The van der Waals surface area contributed by atoms with Gasteiger partial charge in [0.15, 0.2) is 5.16 Å². The van der Waals surface area contributed by atoms with Crippen molar-refractivity contribution < 1.29 is 12.8 Å². The molecule has 0 saturated carbocycles. The van der Waals surface area contributed by atoms with Crippen LogP contribution in [0.2, 0.25) is 0 Å². The van der Waals surface area contributed by atoms with Gasteiger partial charge in [0.05, 0.1) is 5.75 Å². The smallest absolute Gasteiger partial charge is 0.276 e. The van der Waals surface area contributed by atoms with E-state index in [-0.39, 0.29) is 5.09 Å². The summed E-state index contributed by atoms with van der Waals surface area (Å²) in [6.45, 7) is 7.38. The molecule has 1 aliphatic rings. The van der Waals surface area contributed by atoms with E-state index in [1.165, 1.54) is 22.1 Å². The highest BCUT2D eigenvalue weighted by Gasteiger charge is 2.29. The van der Waals surface area contributed by atoms with Crippen molar-refractivity contribution in [1.82, 2.24) is 19.1 Å². The fraction of sp³-hybridized carbons (Fsp3) is 0.467. The lowest BCUT2D eigenvalue weighted by atomic mass is 10.4. The fourth-order valence-electron chi connectivity index (χ4n) is 2.57. The summed E-state index contributed by atoms with van der Waals surface area (Å²) >= 11 is 1.46. The Bertz CT molecular complexity index is 820. The van der Waals surface area contributed by atoms with E-state index in [0.29, 0.717) is 31.1 Å². The van der Waals surface area contributed by atoms with Gasteiger partial charge in [-0.3, -0.25) is 0 Å². The van der Waals surface area contributed by atoms with Gasteiger partial charge in [-0.05, 0) is 31.9 Å². The van der Waals surface area contributed by atoms with Gasteiger partial charge in [-0.15, -0.1) is 16.8 Å². The molecule has 0 aromatic carbocycles. The molecule has 24 heavy (non-hydrogen) atoms. The lowest BCUT2D eigenvalue weighted by molar-refractivity contribution is 0.397. The molecule has 3 rings (SSSR count). The van der Waals surface area contributed by atoms with Crippen LogP contribution in [0.4, 0.5) is 0 Å². The van der Waals surface area contributed by atoms with Crippen molar-refractivity contribution in [2.45, 2.75) is 42.3 Å². The summed E-state index contributed by atoms with van der Waals surface area (Å²) in [6.07, 6.45) is 3.59. The van der Waals surface area contributed by atoms with E-state index in [0.717, 1.165) is 23.8 Å². The topological polar surface area (TPSA) is 81.2 Å². The fourth-order valence-corrected chi connectivity index (χ4v) is 4.91. The standard InChI is InChI=1S/C15H20N4O3S2/c1-3-8-19-12(2)16-17-15(19)23-11-13-6-7-14(22-13)24(20,21)18-9-4-5-10-18/h3,6-7H,1,4-5,8-11H2,2H3. The van der Waals surface area contributed by atoms with Crippen molar-refractivity contribution in [1.29, 1.82) is 0 Å². The summed E-state index contributed by atoms with van der Waals surface area (Å²) in [5.74, 6) is 1.91. The van der Waals surface area contributed by atoms with Crippen LogP contribution in [0.15, 0.2) is 39.5 Å². The number of rotatable bonds is 7. The Labute approximate surface area is 145 Å². The van der Waals surface area contributed by atoms with Crippen LogP contribution in [0, 0.1) is 6.92 Å². The third kappa shape index (κ3) is 3.42. The number of aryl methyl sites for hydroxylation is 1. The minimum atomic E-state index is -3.50. The Morgan fingerprint density at radius 2 is 2.08 bits per heavy atom. The molecule has 0 unspecified atom stereocenters. The van der Waals surface area contributed by atoms with Crippen molar-refractivity contribution in [2.24, 2.45) is 0 Å². The first kappa shape index (κ1) is 17.2. The molecule has 1 aliphatic heterocycles. The lowest BCUT2D eigenvalue weighted by Gasteiger charge is -2.12. The van der Waals surface area contributed by atoms with Gasteiger partial charge in [0.1, 0.15) is 11.6 Å². The van der Waals surface area contributed by atoms with Crippen molar-refractivity contribution in [3.8, 4) is 0 Å². The highest BCUT2D eigenvalue weighted by molar-refractivity contribution is 7.98. The molecule has 0 atom stereocenters. The van der Waals surface area contributed by atoms with E-state index in [1.807, 2.05) is 11.5 Å². The minimum absolute atomic E-state index is 0.0174. The Kier molecular flexibility index (Phi) is 5.12. The van der Waals surface area contributed by atoms with Crippen LogP contribution in [0.25, 0.3) is 0 Å². The number of nitrogens with zero attached hydrogens (tertiary/aromatic N) is 4. The van der Waals surface area contributed by atoms with E-state index in [4.69, 9.17) is 4.42 Å². The summed E-state index contributed by atoms with van der Waals surface area (Å²) in [4.78, 5) is 0. The van der Waals surface area contributed by atoms with E-state index in [9.17, 15) is 8.42 Å². The average Bonchev–Trinajstić information content (AvgIpc) is 3.28.